The molecule has 0 bridgehead atoms. The first-order chi connectivity index (χ1) is 13.5. The maximum absolute atomic E-state index is 12.6. The van der Waals surface area contributed by atoms with Crippen LogP contribution in [-0.2, 0) is 24.3 Å². The van der Waals surface area contributed by atoms with Gasteiger partial charge in [0, 0.05) is 39.0 Å². The molecule has 2 aromatic rings. The number of hydrogen-bond donors (Lipinski definition) is 1. The van der Waals surface area contributed by atoms with E-state index in [1.807, 2.05) is 39.8 Å². The molecule has 1 saturated heterocycles. The highest BCUT2D eigenvalue weighted by Gasteiger charge is 2.40. The molecule has 0 saturated carbocycles. The van der Waals surface area contributed by atoms with E-state index in [4.69, 9.17) is 0 Å². The number of nitrogens with one attached hydrogen (secondary N) is 1. The van der Waals surface area contributed by atoms with E-state index >= 15 is 0 Å². The first kappa shape index (κ1) is 18.7. The van der Waals surface area contributed by atoms with E-state index in [1.54, 1.807) is 0 Å². The Labute approximate surface area is 165 Å². The first-order valence-electron chi connectivity index (χ1n) is 10.0. The molecule has 3 heterocycles. The van der Waals surface area contributed by atoms with E-state index in [9.17, 15) is 9.59 Å². The van der Waals surface area contributed by atoms with Gasteiger partial charge >= 0.3 is 0 Å². The summed E-state index contributed by atoms with van der Waals surface area (Å²) in [6.45, 7) is 6.86. The van der Waals surface area contributed by atoms with Gasteiger partial charge in [-0.25, -0.2) is 0 Å². The molecule has 1 N–H and O–H groups in total. The number of carbonyl (C=O) groups excluding carboxylic acids is 2. The van der Waals surface area contributed by atoms with Gasteiger partial charge in [0.15, 0.2) is 0 Å². The summed E-state index contributed by atoms with van der Waals surface area (Å²) in [6.07, 6.45) is 1.37. The average molecular weight is 381 g/mol. The third-order valence-electron chi connectivity index (χ3n) is 5.70. The van der Waals surface area contributed by atoms with E-state index in [0.29, 0.717) is 43.1 Å². The maximum Gasteiger partial charge on any atom is 0.289 e. The normalized spacial score (nSPS) is 20.8. The predicted molar refractivity (Wildman–Crippen MR) is 104 cm³/mol. The molecular formula is C21H27N5O2. The third-order valence-corrected chi connectivity index (χ3v) is 5.70. The van der Waals surface area contributed by atoms with Crippen molar-refractivity contribution >= 4 is 11.8 Å². The Balaban J connectivity index is 1.41. The fourth-order valence-electron chi connectivity index (χ4n) is 4.23. The summed E-state index contributed by atoms with van der Waals surface area (Å²) in [5, 5.41) is 11.3. The summed E-state index contributed by atoms with van der Waals surface area (Å²) in [5.74, 6) is 2.40. The van der Waals surface area contributed by atoms with Crippen LogP contribution in [0.25, 0.3) is 0 Å². The second-order valence-corrected chi connectivity index (χ2v) is 8.34. The summed E-state index contributed by atoms with van der Waals surface area (Å²) in [5.41, 5.74) is 1.05. The van der Waals surface area contributed by atoms with Crippen molar-refractivity contribution in [3.63, 3.8) is 0 Å². The fraction of sp³-hybridized carbons (Fsp3) is 0.524. The van der Waals surface area contributed by atoms with Gasteiger partial charge in [-0.2, -0.15) is 0 Å². The monoisotopic (exact) mass is 381 g/mol. The van der Waals surface area contributed by atoms with Crippen LogP contribution in [0.1, 0.15) is 42.3 Å². The number of benzene rings is 1. The van der Waals surface area contributed by atoms with E-state index in [2.05, 4.69) is 29.4 Å². The topological polar surface area (TPSA) is 80.1 Å². The summed E-state index contributed by atoms with van der Waals surface area (Å²) in [6, 6.07) is 9.81. The summed E-state index contributed by atoms with van der Waals surface area (Å²) in [7, 11) is 0. The molecule has 2 aliphatic heterocycles. The van der Waals surface area contributed by atoms with Crippen LogP contribution in [-0.4, -0.2) is 44.6 Å². The van der Waals surface area contributed by atoms with Crippen LogP contribution in [0.5, 0.6) is 0 Å². The largest absolute Gasteiger partial charge is 0.345 e. The maximum atomic E-state index is 12.6. The van der Waals surface area contributed by atoms with Crippen molar-refractivity contribution in [3.8, 4) is 0 Å². The fourth-order valence-corrected chi connectivity index (χ4v) is 4.23. The zero-order chi connectivity index (χ0) is 19.7. The van der Waals surface area contributed by atoms with E-state index in [0.717, 1.165) is 30.9 Å². The highest BCUT2D eigenvalue weighted by Crippen LogP contribution is 2.33. The molecule has 2 aliphatic rings. The number of aromatic nitrogens is 3. The lowest BCUT2D eigenvalue weighted by Crippen LogP contribution is -2.33. The molecule has 28 heavy (non-hydrogen) atoms. The molecule has 7 nitrogen and oxygen atoms in total. The molecule has 1 fully saturated rings. The van der Waals surface area contributed by atoms with E-state index in [-0.39, 0.29) is 11.8 Å². The Hall–Kier alpha value is -2.70. The quantitative estimate of drug-likeness (QED) is 0.858. The second kappa shape index (κ2) is 7.73. The number of rotatable bonds is 5. The minimum Gasteiger partial charge on any atom is -0.345 e. The van der Waals surface area contributed by atoms with E-state index < -0.39 is 0 Å². The van der Waals surface area contributed by atoms with Crippen LogP contribution < -0.4 is 5.32 Å². The van der Waals surface area contributed by atoms with Gasteiger partial charge in [-0.15, -0.1) is 10.2 Å². The van der Waals surface area contributed by atoms with Gasteiger partial charge in [0.05, 0.1) is 0 Å². The lowest BCUT2D eigenvalue weighted by atomic mass is 9.89. The highest BCUT2D eigenvalue weighted by molar-refractivity contribution is 5.90. The number of likely N-dealkylation sites (tertiary alicyclic amines) is 1. The lowest BCUT2D eigenvalue weighted by Gasteiger charge is -2.25. The molecule has 2 atom stereocenters. The molecule has 0 unspecified atom stereocenters. The van der Waals surface area contributed by atoms with Crippen molar-refractivity contribution in [1.82, 2.24) is 25.0 Å². The van der Waals surface area contributed by atoms with Crippen LogP contribution in [0.3, 0.4) is 0 Å². The third kappa shape index (κ3) is 3.79. The number of fused-ring (bicyclic) bond motifs is 2. The molecule has 0 spiro atoms. The van der Waals surface area contributed by atoms with Crippen LogP contribution >= 0.6 is 0 Å². The van der Waals surface area contributed by atoms with Gasteiger partial charge in [0.1, 0.15) is 5.82 Å². The van der Waals surface area contributed by atoms with Crippen molar-refractivity contribution in [1.29, 1.82) is 0 Å². The number of carbonyl (C=O) groups is 2. The minimum atomic E-state index is -0.202. The van der Waals surface area contributed by atoms with Crippen molar-refractivity contribution in [2.75, 3.05) is 13.1 Å². The number of amides is 2. The van der Waals surface area contributed by atoms with Gasteiger partial charge in [-0.05, 0) is 23.3 Å². The van der Waals surface area contributed by atoms with Crippen molar-refractivity contribution in [2.24, 2.45) is 17.8 Å². The van der Waals surface area contributed by atoms with Crippen LogP contribution in [0, 0.1) is 17.8 Å². The van der Waals surface area contributed by atoms with Crippen LogP contribution in [0.2, 0.25) is 0 Å². The molecule has 148 valence electrons. The van der Waals surface area contributed by atoms with Crippen molar-refractivity contribution in [3.05, 3.63) is 47.5 Å². The van der Waals surface area contributed by atoms with Gasteiger partial charge < -0.3 is 14.8 Å². The van der Waals surface area contributed by atoms with Crippen molar-refractivity contribution < 1.29 is 9.59 Å². The standard InChI is InChI=1S/C21H27N5O2/c1-14(2)8-19(27)25-11-16-9-18-23-24-20(26(18)13-17(16)12-25)21(28)22-10-15-6-4-3-5-7-15/h3-7,14,16-17H,8-13H2,1-2H3,(H,22,28)/t16-,17-/m0/s1. The smallest absolute Gasteiger partial charge is 0.289 e. The van der Waals surface area contributed by atoms with Gasteiger partial charge in [0.25, 0.3) is 5.91 Å². The number of nitrogens with zero attached hydrogens (tertiary/aromatic N) is 4. The summed E-state index contributed by atoms with van der Waals surface area (Å²) >= 11 is 0. The molecule has 1 aromatic carbocycles. The van der Waals surface area contributed by atoms with Crippen molar-refractivity contribution in [2.45, 2.75) is 39.8 Å². The molecule has 0 aliphatic carbocycles. The lowest BCUT2D eigenvalue weighted by molar-refractivity contribution is -0.131. The van der Waals surface area contributed by atoms with Gasteiger partial charge in [0.2, 0.25) is 11.7 Å². The molecular weight excluding hydrogens is 354 g/mol. The second-order valence-electron chi connectivity index (χ2n) is 8.34. The van der Waals surface area contributed by atoms with Gasteiger partial charge in [-0.3, -0.25) is 9.59 Å². The van der Waals surface area contributed by atoms with E-state index in [1.165, 1.54) is 0 Å². The zero-order valence-corrected chi connectivity index (χ0v) is 16.5. The highest BCUT2D eigenvalue weighted by atomic mass is 16.2. The predicted octanol–water partition coefficient (Wildman–Crippen LogP) is 1.88. The molecule has 4 rings (SSSR count). The zero-order valence-electron chi connectivity index (χ0n) is 16.5. The molecule has 7 heteroatoms. The first-order valence-corrected chi connectivity index (χ1v) is 10.0. The Morgan fingerprint density at radius 1 is 1.11 bits per heavy atom. The number of hydrogen-bond acceptors (Lipinski definition) is 4. The molecule has 2 amide bonds. The Bertz CT molecular complexity index is 861. The average Bonchev–Trinajstić information content (AvgIpc) is 3.28. The van der Waals surface area contributed by atoms with Crippen LogP contribution in [0.15, 0.2) is 30.3 Å². The summed E-state index contributed by atoms with van der Waals surface area (Å²) in [4.78, 5) is 27.1. The molecule has 1 aromatic heterocycles. The van der Waals surface area contributed by atoms with Crippen LogP contribution in [0.4, 0.5) is 0 Å². The Kier molecular flexibility index (Phi) is 5.15. The summed E-state index contributed by atoms with van der Waals surface area (Å²) < 4.78 is 1.94. The SMILES string of the molecule is CC(C)CC(=O)N1C[C@@H]2Cc3nnc(C(=O)NCc4ccccc4)n3C[C@@H]2C1. The minimum absolute atomic E-state index is 0.202. The Morgan fingerprint density at radius 3 is 2.61 bits per heavy atom. The molecule has 0 radical (unpaired) electrons. The Morgan fingerprint density at radius 2 is 1.86 bits per heavy atom. The van der Waals surface area contributed by atoms with Gasteiger partial charge in [-0.1, -0.05) is 44.2 Å².